The summed E-state index contributed by atoms with van der Waals surface area (Å²) in [6.07, 6.45) is 5.81. The molecule has 0 radical (unpaired) electrons. The van der Waals surface area contributed by atoms with Crippen molar-refractivity contribution in [2.45, 2.75) is 54.4 Å². The fourth-order valence-corrected chi connectivity index (χ4v) is 1.31. The predicted octanol–water partition coefficient (Wildman–Crippen LogP) is 4.21. The molecule has 3 nitrogen and oxygen atoms in total. The van der Waals surface area contributed by atoms with Crippen molar-refractivity contribution >= 4 is 5.65 Å². The lowest BCUT2D eigenvalue weighted by atomic mass is 10.1. The minimum absolute atomic E-state index is 0.501. The molecule has 0 N–H and O–H groups in total. The second-order valence-corrected chi connectivity index (χ2v) is 3.64. The summed E-state index contributed by atoms with van der Waals surface area (Å²) in [6, 6.07) is 0. The van der Waals surface area contributed by atoms with Crippen molar-refractivity contribution in [2.24, 2.45) is 0 Å². The molecule has 0 spiro atoms. The van der Waals surface area contributed by atoms with Gasteiger partial charge in [-0.15, -0.1) is 0 Å². The van der Waals surface area contributed by atoms with Gasteiger partial charge < -0.3 is 0 Å². The first-order chi connectivity index (χ1) is 8.18. The van der Waals surface area contributed by atoms with Crippen molar-refractivity contribution in [3.8, 4) is 0 Å². The number of hydrogen-bond donors (Lipinski definition) is 0. The van der Waals surface area contributed by atoms with E-state index in [1.165, 1.54) is 5.56 Å². The Morgan fingerprint density at radius 2 is 1.65 bits per heavy atom. The Morgan fingerprint density at radius 1 is 1.06 bits per heavy atom. The van der Waals surface area contributed by atoms with Gasteiger partial charge in [0.1, 0.15) is 0 Å². The van der Waals surface area contributed by atoms with E-state index in [2.05, 4.69) is 23.9 Å². The highest BCUT2D eigenvalue weighted by Gasteiger charge is 2.03. The molecule has 0 aliphatic heterocycles. The Labute approximate surface area is 105 Å². The molecule has 0 fully saturated rings. The van der Waals surface area contributed by atoms with Crippen LogP contribution in [0.5, 0.6) is 0 Å². The van der Waals surface area contributed by atoms with Gasteiger partial charge in [-0.3, -0.25) is 0 Å². The zero-order chi connectivity index (χ0) is 13.4. The fraction of sp³-hybridized carbons (Fsp3) is 0.571. The van der Waals surface area contributed by atoms with Gasteiger partial charge in [0, 0.05) is 18.0 Å². The molecule has 2 rings (SSSR count). The van der Waals surface area contributed by atoms with E-state index in [4.69, 9.17) is 0 Å². The van der Waals surface area contributed by atoms with Gasteiger partial charge in [-0.25, -0.2) is 9.50 Å². The Bertz CT molecular complexity index is 430. The number of aryl methyl sites for hydroxylation is 1. The molecule has 0 unspecified atom stereocenters. The van der Waals surface area contributed by atoms with Crippen LogP contribution in [0.4, 0.5) is 0 Å². The molecular weight excluding hydrogens is 210 g/mol. The Hall–Kier alpha value is -1.38. The minimum atomic E-state index is 0.501. The molecule has 96 valence electrons. The first-order valence-electron chi connectivity index (χ1n) is 6.48. The van der Waals surface area contributed by atoms with Gasteiger partial charge in [-0.1, -0.05) is 41.5 Å². The fourth-order valence-electron chi connectivity index (χ4n) is 1.31. The molecule has 0 aliphatic rings. The number of fused-ring (bicyclic) bond motifs is 1. The van der Waals surface area contributed by atoms with E-state index in [0.29, 0.717) is 5.92 Å². The number of nitrogens with zero attached hydrogens (tertiary/aromatic N) is 3. The van der Waals surface area contributed by atoms with Crippen molar-refractivity contribution in [1.82, 2.24) is 14.6 Å². The van der Waals surface area contributed by atoms with Gasteiger partial charge >= 0.3 is 0 Å². The molecule has 2 aromatic heterocycles. The van der Waals surface area contributed by atoms with E-state index in [9.17, 15) is 0 Å². The third kappa shape index (κ3) is 3.84. The van der Waals surface area contributed by atoms with Crippen LogP contribution >= 0.6 is 0 Å². The number of hydrogen-bond acceptors (Lipinski definition) is 2. The van der Waals surface area contributed by atoms with Crippen molar-refractivity contribution in [1.29, 1.82) is 0 Å². The molecule has 2 aromatic rings. The van der Waals surface area contributed by atoms with Crippen LogP contribution in [0, 0.1) is 6.92 Å². The highest BCUT2D eigenvalue weighted by Crippen LogP contribution is 2.14. The Balaban J connectivity index is 0.000000581. The summed E-state index contributed by atoms with van der Waals surface area (Å²) >= 11 is 0. The monoisotopic (exact) mass is 235 g/mol. The highest BCUT2D eigenvalue weighted by molar-refractivity contribution is 5.45. The topological polar surface area (TPSA) is 30.2 Å². The number of aromatic nitrogens is 3. The van der Waals surface area contributed by atoms with E-state index < -0.39 is 0 Å². The standard InChI is InChI=1S/C10H13N3.2C2H6/c1-7(2)9-5-11-10-8(3)4-12-13(10)6-9;2*1-2/h4-7H,1-3H3;2*1-2H3. The van der Waals surface area contributed by atoms with Gasteiger partial charge in [0.2, 0.25) is 0 Å². The summed E-state index contributed by atoms with van der Waals surface area (Å²) in [4.78, 5) is 4.36. The van der Waals surface area contributed by atoms with Crippen molar-refractivity contribution < 1.29 is 0 Å². The van der Waals surface area contributed by atoms with E-state index in [-0.39, 0.29) is 0 Å². The molecular formula is C14H25N3. The first kappa shape index (κ1) is 15.6. The van der Waals surface area contributed by atoms with E-state index in [1.807, 2.05) is 57.7 Å². The summed E-state index contributed by atoms with van der Waals surface area (Å²) in [7, 11) is 0. The third-order valence-corrected chi connectivity index (χ3v) is 2.22. The average molecular weight is 235 g/mol. The molecule has 0 saturated heterocycles. The number of rotatable bonds is 1. The zero-order valence-corrected chi connectivity index (χ0v) is 12.2. The summed E-state index contributed by atoms with van der Waals surface area (Å²) in [6.45, 7) is 14.3. The SMILES string of the molecule is CC.CC.Cc1cnn2cc(C(C)C)cnc12. The lowest BCUT2D eigenvalue weighted by Crippen LogP contribution is -1.96. The quantitative estimate of drug-likeness (QED) is 0.741. The largest absolute Gasteiger partial charge is 0.236 e. The normalized spacial score (nSPS) is 9.41. The van der Waals surface area contributed by atoms with Gasteiger partial charge in [-0.2, -0.15) is 5.10 Å². The Morgan fingerprint density at radius 3 is 2.18 bits per heavy atom. The molecule has 17 heavy (non-hydrogen) atoms. The predicted molar refractivity (Wildman–Crippen MR) is 74.5 cm³/mol. The van der Waals surface area contributed by atoms with Crippen molar-refractivity contribution in [3.63, 3.8) is 0 Å². The van der Waals surface area contributed by atoms with Crippen LogP contribution in [-0.2, 0) is 0 Å². The van der Waals surface area contributed by atoms with Crippen LogP contribution in [-0.4, -0.2) is 14.6 Å². The van der Waals surface area contributed by atoms with E-state index >= 15 is 0 Å². The van der Waals surface area contributed by atoms with Gasteiger partial charge in [0.15, 0.2) is 5.65 Å². The van der Waals surface area contributed by atoms with Crippen LogP contribution in [0.3, 0.4) is 0 Å². The highest BCUT2D eigenvalue weighted by atomic mass is 15.2. The molecule has 0 aromatic carbocycles. The van der Waals surface area contributed by atoms with E-state index in [0.717, 1.165) is 11.2 Å². The van der Waals surface area contributed by atoms with Gasteiger partial charge in [-0.05, 0) is 18.4 Å². The smallest absolute Gasteiger partial charge is 0.157 e. The van der Waals surface area contributed by atoms with Crippen LogP contribution in [0.2, 0.25) is 0 Å². The minimum Gasteiger partial charge on any atom is -0.236 e. The van der Waals surface area contributed by atoms with Crippen LogP contribution < -0.4 is 0 Å². The lowest BCUT2D eigenvalue weighted by molar-refractivity contribution is 0.821. The maximum atomic E-state index is 4.36. The molecule has 0 amide bonds. The molecule has 3 heteroatoms. The maximum absolute atomic E-state index is 4.36. The average Bonchev–Trinajstić information content (AvgIpc) is 2.75. The third-order valence-electron chi connectivity index (χ3n) is 2.22. The zero-order valence-electron chi connectivity index (χ0n) is 12.2. The van der Waals surface area contributed by atoms with E-state index in [1.54, 1.807) is 0 Å². The molecule has 0 aliphatic carbocycles. The Kier molecular flexibility index (Phi) is 7.19. The van der Waals surface area contributed by atoms with Crippen molar-refractivity contribution in [2.75, 3.05) is 0 Å². The van der Waals surface area contributed by atoms with Gasteiger partial charge in [0.05, 0.1) is 6.20 Å². The molecule has 0 atom stereocenters. The summed E-state index contributed by atoms with van der Waals surface area (Å²) < 4.78 is 1.84. The summed E-state index contributed by atoms with van der Waals surface area (Å²) in [5.74, 6) is 0.501. The second-order valence-electron chi connectivity index (χ2n) is 3.64. The van der Waals surface area contributed by atoms with Crippen LogP contribution in [0.1, 0.15) is 58.6 Å². The maximum Gasteiger partial charge on any atom is 0.157 e. The van der Waals surface area contributed by atoms with Crippen LogP contribution in [0.25, 0.3) is 5.65 Å². The molecule has 0 bridgehead atoms. The van der Waals surface area contributed by atoms with Gasteiger partial charge in [0.25, 0.3) is 0 Å². The molecule has 2 heterocycles. The van der Waals surface area contributed by atoms with Crippen molar-refractivity contribution in [3.05, 3.63) is 29.7 Å². The molecule has 0 saturated carbocycles. The van der Waals surface area contributed by atoms with Crippen LogP contribution in [0.15, 0.2) is 18.6 Å². The summed E-state index contributed by atoms with van der Waals surface area (Å²) in [5.41, 5.74) is 3.29. The lowest BCUT2D eigenvalue weighted by Gasteiger charge is -2.04. The summed E-state index contributed by atoms with van der Waals surface area (Å²) in [5, 5.41) is 4.22. The first-order valence-corrected chi connectivity index (χ1v) is 6.48. The second kappa shape index (κ2) is 7.82.